The maximum atomic E-state index is 12.6. The number of aromatic amines is 1. The Balaban J connectivity index is 1.77. The molecule has 2 aromatic rings. The summed E-state index contributed by atoms with van der Waals surface area (Å²) in [5.41, 5.74) is 1.05. The highest BCUT2D eigenvalue weighted by Gasteiger charge is 2.34. The number of phenolic OH excluding ortho intramolecular Hbond substituents is 1. The van der Waals surface area contributed by atoms with Crippen molar-refractivity contribution < 1.29 is 14.7 Å². The number of amides is 2. The predicted octanol–water partition coefficient (Wildman–Crippen LogP) is 2.10. The van der Waals surface area contributed by atoms with E-state index in [0.29, 0.717) is 24.1 Å². The molecule has 0 bridgehead atoms. The van der Waals surface area contributed by atoms with Crippen molar-refractivity contribution in [2.24, 2.45) is 5.92 Å². The van der Waals surface area contributed by atoms with Gasteiger partial charge in [0.25, 0.3) is 5.91 Å². The Hall–Kier alpha value is -3.01. The van der Waals surface area contributed by atoms with Crippen LogP contribution < -0.4 is 5.32 Å². The molecule has 1 aliphatic rings. The van der Waals surface area contributed by atoms with E-state index in [0.717, 1.165) is 23.1 Å². The van der Waals surface area contributed by atoms with Crippen LogP contribution in [0.1, 0.15) is 36.2 Å². The summed E-state index contributed by atoms with van der Waals surface area (Å²) in [4.78, 5) is 28.9. The summed E-state index contributed by atoms with van der Waals surface area (Å²) in [5, 5.41) is 22.2. The normalized spacial score (nSPS) is 20.0. The van der Waals surface area contributed by atoms with Crippen LogP contribution in [-0.2, 0) is 4.79 Å². The van der Waals surface area contributed by atoms with E-state index in [-0.39, 0.29) is 29.5 Å². The zero-order chi connectivity index (χ0) is 18.0. The Kier molecular flexibility index (Phi) is 4.61. The summed E-state index contributed by atoms with van der Waals surface area (Å²) in [6.07, 6.45) is 5.05. The standard InChI is InChI=1S/C18H20N4O3/c1-22(10-19)18(25)13-4-2-3-5-14(13)21-17(24)16-8-11-6-7-12(23)9-15(11)20-16/h6-9,13-14,20,23H,2-5H2,1H3,(H,21,24). The molecule has 2 atom stereocenters. The molecule has 1 aromatic heterocycles. The van der Waals surface area contributed by atoms with Gasteiger partial charge in [0, 0.05) is 30.1 Å². The van der Waals surface area contributed by atoms with E-state index in [2.05, 4.69) is 10.3 Å². The SMILES string of the molecule is CN(C#N)C(=O)C1CCCCC1NC(=O)c1cc2ccc(O)cc2[nH]1. The number of hydrogen-bond acceptors (Lipinski definition) is 4. The highest BCUT2D eigenvalue weighted by molar-refractivity contribution is 5.98. The van der Waals surface area contributed by atoms with E-state index in [4.69, 9.17) is 5.26 Å². The van der Waals surface area contributed by atoms with Gasteiger partial charge in [-0.3, -0.25) is 14.5 Å². The molecule has 1 aromatic carbocycles. The van der Waals surface area contributed by atoms with Gasteiger partial charge in [-0.15, -0.1) is 0 Å². The van der Waals surface area contributed by atoms with Crippen LogP contribution in [0, 0.1) is 17.4 Å². The number of benzene rings is 1. The number of nitrogens with one attached hydrogen (secondary N) is 2. The molecular formula is C18H20N4O3. The number of hydrogen-bond donors (Lipinski definition) is 3. The van der Waals surface area contributed by atoms with Crippen molar-refractivity contribution in [1.29, 1.82) is 5.26 Å². The van der Waals surface area contributed by atoms with Gasteiger partial charge in [0.05, 0.1) is 5.92 Å². The summed E-state index contributed by atoms with van der Waals surface area (Å²) < 4.78 is 0. The molecule has 7 heteroatoms. The minimum atomic E-state index is -0.379. The quantitative estimate of drug-likeness (QED) is 0.587. The number of fused-ring (bicyclic) bond motifs is 1. The van der Waals surface area contributed by atoms with Gasteiger partial charge >= 0.3 is 0 Å². The minimum Gasteiger partial charge on any atom is -0.508 e. The van der Waals surface area contributed by atoms with Crippen LogP contribution in [0.2, 0.25) is 0 Å². The largest absolute Gasteiger partial charge is 0.508 e. The van der Waals surface area contributed by atoms with Crippen molar-refractivity contribution in [3.05, 3.63) is 30.0 Å². The predicted molar refractivity (Wildman–Crippen MR) is 91.6 cm³/mol. The van der Waals surface area contributed by atoms with Crippen molar-refractivity contribution in [2.75, 3.05) is 7.05 Å². The Morgan fingerprint density at radius 2 is 2.08 bits per heavy atom. The molecule has 25 heavy (non-hydrogen) atoms. The highest BCUT2D eigenvalue weighted by Crippen LogP contribution is 2.27. The first kappa shape index (κ1) is 16.8. The molecule has 0 aliphatic heterocycles. The Morgan fingerprint density at radius 3 is 2.84 bits per heavy atom. The lowest BCUT2D eigenvalue weighted by atomic mass is 9.83. The minimum absolute atomic E-state index is 0.124. The molecule has 3 N–H and O–H groups in total. The van der Waals surface area contributed by atoms with Crippen LogP contribution in [0.5, 0.6) is 5.75 Å². The van der Waals surface area contributed by atoms with Crippen molar-refractivity contribution in [1.82, 2.24) is 15.2 Å². The molecule has 0 spiro atoms. The zero-order valence-corrected chi connectivity index (χ0v) is 14.0. The number of carbonyl (C=O) groups is 2. The number of carbonyl (C=O) groups excluding carboxylic acids is 2. The molecular weight excluding hydrogens is 320 g/mol. The maximum Gasteiger partial charge on any atom is 0.267 e. The Morgan fingerprint density at radius 1 is 1.32 bits per heavy atom. The van der Waals surface area contributed by atoms with Gasteiger partial charge < -0.3 is 15.4 Å². The number of phenols is 1. The third kappa shape index (κ3) is 3.43. The second kappa shape index (κ2) is 6.85. The van der Waals surface area contributed by atoms with Gasteiger partial charge in [0.2, 0.25) is 5.91 Å². The molecule has 7 nitrogen and oxygen atoms in total. The average Bonchev–Trinajstić information content (AvgIpc) is 3.04. The average molecular weight is 340 g/mol. The van der Waals surface area contributed by atoms with Crippen molar-refractivity contribution in [2.45, 2.75) is 31.7 Å². The van der Waals surface area contributed by atoms with E-state index in [1.807, 2.05) is 6.19 Å². The van der Waals surface area contributed by atoms with Gasteiger partial charge in [-0.2, -0.15) is 5.26 Å². The van der Waals surface area contributed by atoms with Gasteiger partial charge in [-0.05, 0) is 31.0 Å². The fraction of sp³-hybridized carbons (Fsp3) is 0.389. The van der Waals surface area contributed by atoms with E-state index in [1.54, 1.807) is 24.3 Å². The molecule has 130 valence electrons. The molecule has 1 aliphatic carbocycles. The van der Waals surface area contributed by atoms with Gasteiger partial charge in [0.15, 0.2) is 6.19 Å². The molecule has 1 saturated carbocycles. The number of H-pyrrole nitrogens is 1. The van der Waals surface area contributed by atoms with Gasteiger partial charge in [-0.25, -0.2) is 0 Å². The number of aromatic hydroxyl groups is 1. The summed E-state index contributed by atoms with van der Waals surface area (Å²) in [7, 11) is 1.44. The van der Waals surface area contributed by atoms with Crippen LogP contribution in [-0.4, -0.2) is 39.9 Å². The Bertz CT molecular complexity index is 852. The molecule has 0 radical (unpaired) electrons. The fourth-order valence-electron chi connectivity index (χ4n) is 3.38. The second-order valence-corrected chi connectivity index (χ2v) is 6.42. The molecule has 1 heterocycles. The van der Waals surface area contributed by atoms with Crippen LogP contribution in [0.3, 0.4) is 0 Å². The number of nitrogens with zero attached hydrogens (tertiary/aromatic N) is 2. The fourth-order valence-corrected chi connectivity index (χ4v) is 3.38. The number of rotatable bonds is 3. The maximum absolute atomic E-state index is 12.6. The summed E-state index contributed by atoms with van der Waals surface area (Å²) in [6, 6.07) is 6.27. The van der Waals surface area contributed by atoms with Gasteiger partial charge in [0.1, 0.15) is 11.4 Å². The first-order valence-corrected chi connectivity index (χ1v) is 8.29. The Labute approximate surface area is 145 Å². The van der Waals surface area contributed by atoms with Crippen molar-refractivity contribution in [3.63, 3.8) is 0 Å². The third-order valence-electron chi connectivity index (χ3n) is 4.73. The summed E-state index contributed by atoms with van der Waals surface area (Å²) >= 11 is 0. The van der Waals surface area contributed by atoms with Crippen LogP contribution in [0.4, 0.5) is 0 Å². The van der Waals surface area contributed by atoms with Crippen LogP contribution >= 0.6 is 0 Å². The first-order chi connectivity index (χ1) is 12.0. The number of nitriles is 1. The molecule has 0 saturated heterocycles. The van der Waals surface area contributed by atoms with Crippen molar-refractivity contribution >= 4 is 22.7 Å². The lowest BCUT2D eigenvalue weighted by Crippen LogP contribution is -2.48. The smallest absolute Gasteiger partial charge is 0.267 e. The lowest BCUT2D eigenvalue weighted by Gasteiger charge is -2.31. The monoisotopic (exact) mass is 340 g/mol. The van der Waals surface area contributed by atoms with Crippen molar-refractivity contribution in [3.8, 4) is 11.9 Å². The topological polar surface area (TPSA) is 109 Å². The van der Waals surface area contributed by atoms with E-state index < -0.39 is 0 Å². The second-order valence-electron chi connectivity index (χ2n) is 6.42. The molecule has 3 rings (SSSR count). The van der Waals surface area contributed by atoms with E-state index in [9.17, 15) is 14.7 Å². The zero-order valence-electron chi connectivity index (χ0n) is 14.0. The molecule has 2 amide bonds. The molecule has 1 fully saturated rings. The van der Waals surface area contributed by atoms with Crippen LogP contribution in [0.15, 0.2) is 24.3 Å². The third-order valence-corrected chi connectivity index (χ3v) is 4.73. The molecule has 2 unspecified atom stereocenters. The number of aromatic nitrogens is 1. The van der Waals surface area contributed by atoms with E-state index in [1.165, 1.54) is 7.05 Å². The van der Waals surface area contributed by atoms with Crippen LogP contribution in [0.25, 0.3) is 10.9 Å². The highest BCUT2D eigenvalue weighted by atomic mass is 16.3. The lowest BCUT2D eigenvalue weighted by molar-refractivity contribution is -0.133. The van der Waals surface area contributed by atoms with Gasteiger partial charge in [-0.1, -0.05) is 12.8 Å². The van der Waals surface area contributed by atoms with E-state index >= 15 is 0 Å². The first-order valence-electron chi connectivity index (χ1n) is 8.29. The summed E-state index contributed by atoms with van der Waals surface area (Å²) in [6.45, 7) is 0. The summed E-state index contributed by atoms with van der Waals surface area (Å²) in [5.74, 6) is -0.802.